The Morgan fingerprint density at radius 1 is 0.960 bits per heavy atom. The molecule has 0 spiro atoms. The van der Waals surface area contributed by atoms with Crippen LogP contribution < -0.4 is 0 Å². The van der Waals surface area contributed by atoms with Crippen molar-refractivity contribution in [3.8, 4) is 22.6 Å². The largest absolute Gasteiger partial charge is 0.508 e. The Bertz CT molecular complexity index is 884. The molecule has 0 bridgehead atoms. The van der Waals surface area contributed by atoms with Gasteiger partial charge < -0.3 is 10.2 Å². The Balaban J connectivity index is 2.19. The van der Waals surface area contributed by atoms with Crippen molar-refractivity contribution in [3.63, 3.8) is 0 Å². The van der Waals surface area contributed by atoms with E-state index in [4.69, 9.17) is 0 Å². The summed E-state index contributed by atoms with van der Waals surface area (Å²) in [5.41, 5.74) is 1.54. The van der Waals surface area contributed by atoms with E-state index in [0.717, 1.165) is 12.8 Å². The number of benzene rings is 2. The van der Waals surface area contributed by atoms with Crippen molar-refractivity contribution in [1.82, 2.24) is 4.31 Å². The fourth-order valence-corrected chi connectivity index (χ4v) is 4.98. The van der Waals surface area contributed by atoms with Crippen LogP contribution in [0.1, 0.15) is 38.2 Å². The van der Waals surface area contributed by atoms with Crippen LogP contribution in [-0.4, -0.2) is 36.0 Å². The molecular formula is C19H23NO4S. The first-order chi connectivity index (χ1) is 11.8. The van der Waals surface area contributed by atoms with Gasteiger partial charge in [-0.05, 0) is 36.5 Å². The molecule has 2 aromatic carbocycles. The van der Waals surface area contributed by atoms with E-state index in [9.17, 15) is 18.6 Å². The molecule has 0 aromatic heterocycles. The van der Waals surface area contributed by atoms with Gasteiger partial charge in [0.05, 0.1) is 4.90 Å². The maximum atomic E-state index is 13.0. The Kier molecular flexibility index (Phi) is 4.75. The smallest absolute Gasteiger partial charge is 0.243 e. The minimum atomic E-state index is -3.62. The van der Waals surface area contributed by atoms with E-state index in [0.29, 0.717) is 29.8 Å². The van der Waals surface area contributed by atoms with Crippen molar-refractivity contribution < 1.29 is 18.6 Å². The van der Waals surface area contributed by atoms with Gasteiger partial charge in [0.15, 0.2) is 0 Å². The maximum absolute atomic E-state index is 13.0. The van der Waals surface area contributed by atoms with E-state index in [-0.39, 0.29) is 22.3 Å². The molecule has 0 saturated carbocycles. The number of rotatable bonds is 4. The van der Waals surface area contributed by atoms with E-state index in [1.165, 1.54) is 10.4 Å². The van der Waals surface area contributed by atoms with Gasteiger partial charge in [-0.15, -0.1) is 0 Å². The number of sulfonamides is 1. The Morgan fingerprint density at radius 2 is 1.60 bits per heavy atom. The van der Waals surface area contributed by atoms with Crippen LogP contribution in [0, 0.1) is 0 Å². The quantitative estimate of drug-likeness (QED) is 0.871. The lowest BCUT2D eigenvalue weighted by molar-refractivity contribution is 0.445. The third kappa shape index (κ3) is 3.24. The van der Waals surface area contributed by atoms with Crippen LogP contribution in [-0.2, 0) is 10.0 Å². The SMILES string of the molecule is CC(C)c1cc(-c2ccccc2S(=O)(=O)N2CCCC2)c(O)cc1O. The highest BCUT2D eigenvalue weighted by atomic mass is 32.2. The Morgan fingerprint density at radius 3 is 2.24 bits per heavy atom. The first kappa shape index (κ1) is 17.8. The maximum Gasteiger partial charge on any atom is 0.243 e. The average molecular weight is 361 g/mol. The lowest BCUT2D eigenvalue weighted by Crippen LogP contribution is -2.28. The number of hydrogen-bond donors (Lipinski definition) is 2. The molecule has 1 heterocycles. The minimum absolute atomic E-state index is 0.0103. The highest BCUT2D eigenvalue weighted by Gasteiger charge is 2.30. The Hall–Kier alpha value is -2.05. The third-order valence-corrected chi connectivity index (χ3v) is 6.58. The lowest BCUT2D eigenvalue weighted by atomic mass is 9.95. The number of aromatic hydroxyl groups is 2. The standard InChI is InChI=1S/C19H23NO4S/c1-13(2)15-11-16(18(22)12-17(15)21)14-7-3-4-8-19(14)25(23,24)20-9-5-6-10-20/h3-4,7-8,11-13,21-22H,5-6,9-10H2,1-2H3. The fourth-order valence-electron chi connectivity index (χ4n) is 3.25. The lowest BCUT2D eigenvalue weighted by Gasteiger charge is -2.19. The van der Waals surface area contributed by atoms with Gasteiger partial charge in [-0.25, -0.2) is 8.42 Å². The molecule has 2 aromatic rings. The predicted molar refractivity (Wildman–Crippen MR) is 97.3 cm³/mol. The van der Waals surface area contributed by atoms with Crippen molar-refractivity contribution in [3.05, 3.63) is 42.0 Å². The number of nitrogens with zero attached hydrogens (tertiary/aromatic N) is 1. The van der Waals surface area contributed by atoms with Crippen molar-refractivity contribution in [2.24, 2.45) is 0 Å². The van der Waals surface area contributed by atoms with Crippen LogP contribution in [0.15, 0.2) is 41.3 Å². The van der Waals surface area contributed by atoms with E-state index >= 15 is 0 Å². The monoisotopic (exact) mass is 361 g/mol. The van der Waals surface area contributed by atoms with Gasteiger partial charge in [-0.1, -0.05) is 32.0 Å². The summed E-state index contributed by atoms with van der Waals surface area (Å²) < 4.78 is 27.5. The highest BCUT2D eigenvalue weighted by Crippen LogP contribution is 2.40. The van der Waals surface area contributed by atoms with Crippen molar-refractivity contribution in [2.75, 3.05) is 13.1 Å². The molecule has 1 saturated heterocycles. The summed E-state index contributed by atoms with van der Waals surface area (Å²) in [6.07, 6.45) is 1.73. The second-order valence-corrected chi connectivity index (χ2v) is 8.60. The minimum Gasteiger partial charge on any atom is -0.508 e. The zero-order valence-electron chi connectivity index (χ0n) is 14.4. The normalized spacial score (nSPS) is 15.8. The molecule has 1 aliphatic heterocycles. The summed E-state index contributed by atoms with van der Waals surface area (Å²) in [4.78, 5) is 0.188. The molecule has 1 aliphatic rings. The molecule has 25 heavy (non-hydrogen) atoms. The zero-order chi connectivity index (χ0) is 18.2. The van der Waals surface area contributed by atoms with Crippen LogP contribution in [0.2, 0.25) is 0 Å². The van der Waals surface area contributed by atoms with Gasteiger partial charge in [0.1, 0.15) is 11.5 Å². The van der Waals surface area contributed by atoms with Crippen LogP contribution >= 0.6 is 0 Å². The number of hydrogen-bond acceptors (Lipinski definition) is 4. The molecule has 134 valence electrons. The molecule has 2 N–H and O–H groups in total. The van der Waals surface area contributed by atoms with Crippen LogP contribution in [0.25, 0.3) is 11.1 Å². The van der Waals surface area contributed by atoms with E-state index in [1.807, 2.05) is 13.8 Å². The van der Waals surface area contributed by atoms with Gasteiger partial charge in [0.2, 0.25) is 10.0 Å². The topological polar surface area (TPSA) is 77.8 Å². The second-order valence-electron chi connectivity index (χ2n) is 6.69. The summed E-state index contributed by atoms with van der Waals surface area (Å²) in [5, 5.41) is 20.4. The zero-order valence-corrected chi connectivity index (χ0v) is 15.3. The summed E-state index contributed by atoms with van der Waals surface area (Å²) in [6, 6.07) is 9.66. The molecule has 5 nitrogen and oxygen atoms in total. The molecule has 0 radical (unpaired) electrons. The van der Waals surface area contributed by atoms with Crippen LogP contribution in [0.4, 0.5) is 0 Å². The van der Waals surface area contributed by atoms with Gasteiger partial charge in [-0.2, -0.15) is 4.31 Å². The van der Waals surface area contributed by atoms with Gasteiger partial charge in [0, 0.05) is 30.3 Å². The van der Waals surface area contributed by atoms with Crippen molar-refractivity contribution >= 4 is 10.0 Å². The summed E-state index contributed by atoms with van der Waals surface area (Å²) in [5.74, 6) is -0.0798. The van der Waals surface area contributed by atoms with Crippen LogP contribution in [0.5, 0.6) is 11.5 Å². The molecular weight excluding hydrogens is 338 g/mol. The summed E-state index contributed by atoms with van der Waals surface area (Å²) in [7, 11) is -3.62. The first-order valence-electron chi connectivity index (χ1n) is 8.48. The third-order valence-electron chi connectivity index (χ3n) is 4.63. The molecule has 0 atom stereocenters. The van der Waals surface area contributed by atoms with Crippen molar-refractivity contribution in [1.29, 1.82) is 0 Å². The molecule has 0 unspecified atom stereocenters. The van der Waals surface area contributed by atoms with E-state index < -0.39 is 10.0 Å². The summed E-state index contributed by atoms with van der Waals surface area (Å²) in [6.45, 7) is 4.91. The first-order valence-corrected chi connectivity index (χ1v) is 9.92. The van der Waals surface area contributed by atoms with Gasteiger partial charge in [0.25, 0.3) is 0 Å². The highest BCUT2D eigenvalue weighted by molar-refractivity contribution is 7.89. The summed E-state index contributed by atoms with van der Waals surface area (Å²) >= 11 is 0. The fraction of sp³-hybridized carbons (Fsp3) is 0.368. The second kappa shape index (κ2) is 6.69. The van der Waals surface area contributed by atoms with E-state index in [2.05, 4.69) is 0 Å². The molecule has 0 amide bonds. The van der Waals surface area contributed by atoms with Crippen molar-refractivity contribution in [2.45, 2.75) is 37.5 Å². The molecule has 3 rings (SSSR count). The van der Waals surface area contributed by atoms with Gasteiger partial charge in [-0.3, -0.25) is 0 Å². The Labute approximate surface area is 148 Å². The predicted octanol–water partition coefficient (Wildman–Crippen LogP) is 3.67. The van der Waals surface area contributed by atoms with Gasteiger partial charge >= 0.3 is 0 Å². The molecule has 1 fully saturated rings. The van der Waals surface area contributed by atoms with E-state index in [1.54, 1.807) is 30.3 Å². The number of phenols is 2. The molecule has 0 aliphatic carbocycles. The average Bonchev–Trinajstić information content (AvgIpc) is 3.10. The number of phenolic OH excluding ortho intramolecular Hbond substituents is 2. The molecule has 6 heteroatoms. The van der Waals surface area contributed by atoms with Crippen LogP contribution in [0.3, 0.4) is 0 Å².